The maximum absolute atomic E-state index is 12.7. The van der Waals surface area contributed by atoms with E-state index < -0.39 is 11.5 Å². The molecule has 7 heteroatoms. The number of likely N-dealkylation sites (tertiary alicyclic amines) is 1. The largest absolute Gasteiger partial charge is 0.396 e. The number of aliphatic hydroxyl groups excluding tert-OH is 2. The number of ether oxygens (including phenoxy) is 1. The van der Waals surface area contributed by atoms with E-state index in [1.165, 1.54) is 0 Å². The lowest BCUT2D eigenvalue weighted by molar-refractivity contribution is -0.142. The van der Waals surface area contributed by atoms with Crippen LogP contribution in [0.2, 0.25) is 0 Å². The molecular formula is C20H28N2O4S. The van der Waals surface area contributed by atoms with Crippen molar-refractivity contribution in [3.8, 4) is 0 Å². The Morgan fingerprint density at radius 3 is 3.00 bits per heavy atom. The first-order valence-electron chi connectivity index (χ1n) is 9.48. The van der Waals surface area contributed by atoms with Gasteiger partial charge in [-0.15, -0.1) is 11.3 Å². The van der Waals surface area contributed by atoms with Crippen molar-refractivity contribution in [3.05, 3.63) is 29.3 Å². The number of aryl methyl sites for hydroxylation is 1. The Bertz CT molecular complexity index is 732. The summed E-state index contributed by atoms with van der Waals surface area (Å²) in [6.07, 6.45) is 2.32. The minimum Gasteiger partial charge on any atom is -0.396 e. The zero-order valence-corrected chi connectivity index (χ0v) is 16.6. The predicted octanol–water partition coefficient (Wildman–Crippen LogP) is 2.23. The standard InChI is InChI=1S/C20H28N2O4S/c1-26-12-4-10-20(14-23)13-22(11-9-17(20)24)19(25)8-7-18-21-15-5-2-3-6-16(15)27-18/h2-3,5-6,17,23-24H,4,7-14H2,1H3/t17-,20+/m1/s1. The number of rotatable bonds is 8. The van der Waals surface area contributed by atoms with Gasteiger partial charge in [0.25, 0.3) is 0 Å². The van der Waals surface area contributed by atoms with Gasteiger partial charge in [-0.1, -0.05) is 12.1 Å². The predicted molar refractivity (Wildman–Crippen MR) is 106 cm³/mol. The van der Waals surface area contributed by atoms with E-state index in [1.807, 2.05) is 24.3 Å². The van der Waals surface area contributed by atoms with E-state index in [-0.39, 0.29) is 12.5 Å². The molecule has 1 aliphatic heterocycles. The van der Waals surface area contributed by atoms with Crippen LogP contribution in [0.5, 0.6) is 0 Å². The molecule has 3 rings (SSSR count). The Kier molecular flexibility index (Phi) is 6.81. The number of carbonyl (C=O) groups is 1. The lowest BCUT2D eigenvalue weighted by atomic mass is 9.74. The van der Waals surface area contributed by atoms with Gasteiger partial charge in [0.1, 0.15) is 0 Å². The zero-order valence-electron chi connectivity index (χ0n) is 15.8. The number of piperidine rings is 1. The molecule has 1 aliphatic rings. The molecule has 0 radical (unpaired) electrons. The van der Waals surface area contributed by atoms with Crippen LogP contribution in [0.1, 0.15) is 30.7 Å². The highest BCUT2D eigenvalue weighted by Gasteiger charge is 2.43. The van der Waals surface area contributed by atoms with E-state index in [0.717, 1.165) is 21.6 Å². The Hall–Kier alpha value is -1.54. The molecule has 1 fully saturated rings. The van der Waals surface area contributed by atoms with Crippen LogP contribution in [0.3, 0.4) is 0 Å². The fraction of sp³-hybridized carbons (Fsp3) is 0.600. The molecule has 2 aromatic rings. The van der Waals surface area contributed by atoms with Crippen molar-refractivity contribution in [2.75, 3.05) is 33.4 Å². The van der Waals surface area contributed by atoms with Crippen LogP contribution in [0, 0.1) is 5.41 Å². The van der Waals surface area contributed by atoms with E-state index in [4.69, 9.17) is 4.74 Å². The third-order valence-corrected chi connectivity index (χ3v) is 6.56. The van der Waals surface area contributed by atoms with Crippen molar-refractivity contribution in [2.24, 2.45) is 5.41 Å². The topological polar surface area (TPSA) is 82.9 Å². The molecule has 6 nitrogen and oxygen atoms in total. The van der Waals surface area contributed by atoms with Crippen molar-refractivity contribution in [1.29, 1.82) is 0 Å². The Labute approximate surface area is 163 Å². The molecule has 1 aromatic heterocycles. The lowest BCUT2D eigenvalue weighted by Gasteiger charge is -2.45. The molecule has 1 aromatic carbocycles. The average Bonchev–Trinajstić information content (AvgIpc) is 3.11. The van der Waals surface area contributed by atoms with Gasteiger partial charge in [0.15, 0.2) is 0 Å². The Morgan fingerprint density at radius 1 is 1.44 bits per heavy atom. The second-order valence-electron chi connectivity index (χ2n) is 7.31. The first kappa shape index (κ1) is 20.2. The SMILES string of the molecule is COCCC[C@@]1(CO)CN(C(=O)CCc2nc3ccccc3s2)CC[C@H]1O. The number of amides is 1. The van der Waals surface area contributed by atoms with Crippen LogP contribution in [-0.2, 0) is 16.0 Å². The van der Waals surface area contributed by atoms with Gasteiger partial charge in [-0.25, -0.2) is 4.98 Å². The summed E-state index contributed by atoms with van der Waals surface area (Å²) in [7, 11) is 1.64. The molecule has 2 N–H and O–H groups in total. The highest BCUT2D eigenvalue weighted by Crippen LogP contribution is 2.35. The molecule has 27 heavy (non-hydrogen) atoms. The summed E-state index contributed by atoms with van der Waals surface area (Å²) in [6, 6.07) is 7.99. The number of nitrogens with zero attached hydrogens (tertiary/aromatic N) is 2. The molecule has 0 spiro atoms. The Balaban J connectivity index is 1.60. The summed E-state index contributed by atoms with van der Waals surface area (Å²) in [5.41, 5.74) is 0.325. The monoisotopic (exact) mass is 392 g/mol. The maximum atomic E-state index is 12.7. The third-order valence-electron chi connectivity index (χ3n) is 5.47. The van der Waals surface area contributed by atoms with Crippen molar-refractivity contribution in [3.63, 3.8) is 0 Å². The second kappa shape index (κ2) is 9.10. The van der Waals surface area contributed by atoms with Crippen LogP contribution >= 0.6 is 11.3 Å². The number of hydrogen-bond donors (Lipinski definition) is 2. The summed E-state index contributed by atoms with van der Waals surface area (Å²) in [4.78, 5) is 19.1. The number of methoxy groups -OCH3 is 1. The van der Waals surface area contributed by atoms with Gasteiger partial charge in [-0.2, -0.15) is 0 Å². The van der Waals surface area contributed by atoms with Crippen LogP contribution < -0.4 is 0 Å². The van der Waals surface area contributed by atoms with Crippen LogP contribution in [-0.4, -0.2) is 65.5 Å². The van der Waals surface area contributed by atoms with Gasteiger partial charge >= 0.3 is 0 Å². The number of aliphatic hydroxyl groups is 2. The first-order valence-corrected chi connectivity index (χ1v) is 10.3. The quantitative estimate of drug-likeness (QED) is 0.673. The van der Waals surface area contributed by atoms with Gasteiger partial charge in [-0.3, -0.25) is 4.79 Å². The zero-order chi connectivity index (χ0) is 19.3. The molecule has 1 amide bonds. The molecule has 0 bridgehead atoms. The summed E-state index contributed by atoms with van der Waals surface area (Å²) in [6.45, 7) is 1.39. The van der Waals surface area contributed by atoms with Crippen LogP contribution in [0.15, 0.2) is 24.3 Å². The minimum atomic E-state index is -0.650. The molecule has 2 atom stereocenters. The van der Waals surface area contributed by atoms with E-state index in [0.29, 0.717) is 45.4 Å². The number of fused-ring (bicyclic) bond motifs is 1. The number of para-hydroxylation sites is 1. The molecular weight excluding hydrogens is 364 g/mol. The van der Waals surface area contributed by atoms with Gasteiger partial charge in [0, 0.05) is 45.1 Å². The van der Waals surface area contributed by atoms with Crippen molar-refractivity contribution >= 4 is 27.5 Å². The fourth-order valence-corrected chi connectivity index (χ4v) is 4.78. The fourth-order valence-electron chi connectivity index (χ4n) is 3.81. The average molecular weight is 393 g/mol. The van der Waals surface area contributed by atoms with E-state index >= 15 is 0 Å². The van der Waals surface area contributed by atoms with E-state index in [1.54, 1.807) is 23.3 Å². The van der Waals surface area contributed by atoms with Crippen molar-refractivity contribution < 1.29 is 19.7 Å². The molecule has 0 unspecified atom stereocenters. The highest BCUT2D eigenvalue weighted by atomic mass is 32.1. The van der Waals surface area contributed by atoms with Gasteiger partial charge < -0.3 is 19.8 Å². The maximum Gasteiger partial charge on any atom is 0.223 e. The van der Waals surface area contributed by atoms with Crippen LogP contribution in [0.4, 0.5) is 0 Å². The van der Waals surface area contributed by atoms with Gasteiger partial charge in [-0.05, 0) is 31.4 Å². The molecule has 0 saturated carbocycles. The van der Waals surface area contributed by atoms with Crippen molar-refractivity contribution in [1.82, 2.24) is 9.88 Å². The van der Waals surface area contributed by atoms with Gasteiger partial charge in [0.05, 0.1) is 27.9 Å². The molecule has 2 heterocycles. The number of aromatic nitrogens is 1. The number of benzene rings is 1. The normalized spacial score (nSPS) is 23.1. The first-order chi connectivity index (χ1) is 13.1. The summed E-state index contributed by atoms with van der Waals surface area (Å²) >= 11 is 1.63. The molecule has 1 saturated heterocycles. The van der Waals surface area contributed by atoms with E-state index in [9.17, 15) is 15.0 Å². The lowest BCUT2D eigenvalue weighted by Crippen LogP contribution is -2.55. The number of carbonyl (C=O) groups excluding carboxylic acids is 1. The summed E-state index contributed by atoms with van der Waals surface area (Å²) < 4.78 is 6.23. The van der Waals surface area contributed by atoms with Gasteiger partial charge in [0.2, 0.25) is 5.91 Å². The molecule has 148 valence electrons. The second-order valence-corrected chi connectivity index (χ2v) is 8.43. The minimum absolute atomic E-state index is 0.0609. The summed E-state index contributed by atoms with van der Waals surface area (Å²) in [5.74, 6) is 0.0609. The third kappa shape index (κ3) is 4.66. The van der Waals surface area contributed by atoms with Crippen LogP contribution in [0.25, 0.3) is 10.2 Å². The number of thiazole rings is 1. The number of hydrogen-bond acceptors (Lipinski definition) is 6. The van der Waals surface area contributed by atoms with E-state index in [2.05, 4.69) is 4.98 Å². The Morgan fingerprint density at radius 2 is 2.26 bits per heavy atom. The van der Waals surface area contributed by atoms with Crippen molar-refractivity contribution in [2.45, 2.75) is 38.2 Å². The smallest absolute Gasteiger partial charge is 0.223 e. The molecule has 0 aliphatic carbocycles. The summed E-state index contributed by atoms with van der Waals surface area (Å²) in [5, 5.41) is 21.4. The highest BCUT2D eigenvalue weighted by molar-refractivity contribution is 7.18.